The molecule has 166 valence electrons. The third-order valence-corrected chi connectivity index (χ3v) is 5.68. The van der Waals surface area contributed by atoms with Gasteiger partial charge in [0, 0.05) is 42.0 Å². The standard InChI is InChI=1S/C25H29N5O2/c1-3-5-7-20(6-4-2)30-13-12-21-22(18-8-10-19(11-9-18)23(26)31)27-25(28-24(21)30)29-14-16-32-17-15-29/h4-11H,2-3,12-17H2,1H3,(H2,26,31)/b7-5-,20-6+. The van der Waals surface area contributed by atoms with Crippen molar-refractivity contribution in [3.05, 3.63) is 72.0 Å². The summed E-state index contributed by atoms with van der Waals surface area (Å²) in [6, 6.07) is 7.32. The molecule has 1 amide bonds. The molecule has 2 aliphatic rings. The minimum Gasteiger partial charge on any atom is -0.378 e. The van der Waals surface area contributed by atoms with E-state index in [-0.39, 0.29) is 0 Å². The molecule has 0 radical (unpaired) electrons. The van der Waals surface area contributed by atoms with Crippen LogP contribution in [0.25, 0.3) is 11.3 Å². The van der Waals surface area contributed by atoms with Gasteiger partial charge in [0.25, 0.3) is 0 Å². The lowest BCUT2D eigenvalue weighted by Gasteiger charge is -2.28. The molecule has 4 rings (SSSR count). The number of nitrogens with zero attached hydrogens (tertiary/aromatic N) is 4. The first-order chi connectivity index (χ1) is 15.6. The summed E-state index contributed by atoms with van der Waals surface area (Å²) < 4.78 is 5.52. The maximum Gasteiger partial charge on any atom is 0.248 e. The van der Waals surface area contributed by atoms with Gasteiger partial charge in [-0.05, 0) is 37.1 Å². The fraction of sp³-hybridized carbons (Fsp3) is 0.320. The van der Waals surface area contributed by atoms with E-state index in [1.165, 1.54) is 0 Å². The number of benzene rings is 1. The summed E-state index contributed by atoms with van der Waals surface area (Å²) in [6.45, 7) is 9.65. The molecule has 7 heteroatoms. The predicted octanol–water partition coefficient (Wildman–Crippen LogP) is 3.48. The molecule has 2 N–H and O–H groups in total. The van der Waals surface area contributed by atoms with Crippen molar-refractivity contribution in [2.75, 3.05) is 42.6 Å². The summed E-state index contributed by atoms with van der Waals surface area (Å²) >= 11 is 0. The van der Waals surface area contributed by atoms with Crippen molar-refractivity contribution in [1.82, 2.24) is 9.97 Å². The van der Waals surface area contributed by atoms with Gasteiger partial charge in [-0.15, -0.1) is 0 Å². The van der Waals surface area contributed by atoms with Crippen molar-refractivity contribution in [2.24, 2.45) is 5.73 Å². The summed E-state index contributed by atoms with van der Waals surface area (Å²) in [5, 5.41) is 0. The van der Waals surface area contributed by atoms with E-state index < -0.39 is 5.91 Å². The van der Waals surface area contributed by atoms with Crippen LogP contribution in [0.1, 0.15) is 29.3 Å². The second-order valence-corrected chi connectivity index (χ2v) is 7.75. The van der Waals surface area contributed by atoms with Crippen LogP contribution in [0.4, 0.5) is 11.8 Å². The Morgan fingerprint density at radius 1 is 1.19 bits per heavy atom. The van der Waals surface area contributed by atoms with E-state index in [4.69, 9.17) is 20.4 Å². The molecule has 7 nitrogen and oxygen atoms in total. The van der Waals surface area contributed by atoms with Crippen LogP contribution in [0.5, 0.6) is 0 Å². The highest BCUT2D eigenvalue weighted by Gasteiger charge is 2.29. The monoisotopic (exact) mass is 431 g/mol. The average Bonchev–Trinajstić information content (AvgIpc) is 3.25. The third kappa shape index (κ3) is 4.43. The number of morpholine rings is 1. The molecule has 3 heterocycles. The number of allylic oxidation sites excluding steroid dienone is 4. The number of aromatic nitrogens is 2. The summed E-state index contributed by atoms with van der Waals surface area (Å²) in [6.07, 6.45) is 9.87. The Morgan fingerprint density at radius 3 is 2.59 bits per heavy atom. The van der Waals surface area contributed by atoms with Gasteiger partial charge >= 0.3 is 0 Å². The van der Waals surface area contributed by atoms with E-state index in [2.05, 4.69) is 35.5 Å². The van der Waals surface area contributed by atoms with Gasteiger partial charge in [-0.3, -0.25) is 4.79 Å². The van der Waals surface area contributed by atoms with Gasteiger partial charge in [0.15, 0.2) is 0 Å². The highest BCUT2D eigenvalue weighted by molar-refractivity contribution is 5.93. The maximum absolute atomic E-state index is 11.5. The van der Waals surface area contributed by atoms with Gasteiger partial charge in [-0.25, -0.2) is 4.98 Å². The lowest BCUT2D eigenvalue weighted by Crippen LogP contribution is -2.37. The molecule has 1 saturated heterocycles. The van der Waals surface area contributed by atoms with E-state index >= 15 is 0 Å². The number of nitrogens with two attached hydrogens (primary N) is 1. The Hall–Kier alpha value is -3.45. The Labute approximate surface area is 188 Å². The van der Waals surface area contributed by atoms with Crippen molar-refractivity contribution >= 4 is 17.7 Å². The van der Waals surface area contributed by atoms with Crippen LogP contribution in [-0.4, -0.2) is 48.7 Å². The Bertz CT molecular complexity index is 1050. The SMILES string of the molecule is C=C/C=C(\C=C/CC)N1CCc2c(-c3ccc(C(N)=O)cc3)nc(N3CCOCC3)nc21. The molecule has 0 atom stereocenters. The van der Waals surface area contributed by atoms with Crippen LogP contribution in [0, 0.1) is 0 Å². The van der Waals surface area contributed by atoms with E-state index in [1.54, 1.807) is 18.2 Å². The van der Waals surface area contributed by atoms with Crippen LogP contribution in [0.15, 0.2) is 60.8 Å². The van der Waals surface area contributed by atoms with Crippen molar-refractivity contribution in [2.45, 2.75) is 19.8 Å². The van der Waals surface area contributed by atoms with Crippen molar-refractivity contribution in [3.63, 3.8) is 0 Å². The molecule has 0 unspecified atom stereocenters. The fourth-order valence-electron chi connectivity index (χ4n) is 4.03. The first-order valence-corrected chi connectivity index (χ1v) is 11.0. The molecule has 0 spiro atoms. The number of carbonyl (C=O) groups is 1. The highest BCUT2D eigenvalue weighted by Crippen LogP contribution is 2.37. The number of hydrogen-bond donors (Lipinski definition) is 1. The van der Waals surface area contributed by atoms with Crippen LogP contribution in [-0.2, 0) is 11.2 Å². The van der Waals surface area contributed by atoms with Gasteiger partial charge in [0.05, 0.1) is 18.9 Å². The zero-order chi connectivity index (χ0) is 22.5. The second kappa shape index (κ2) is 9.78. The number of fused-ring (bicyclic) bond motifs is 1. The van der Waals surface area contributed by atoms with Gasteiger partial charge in [0.2, 0.25) is 11.9 Å². The zero-order valence-corrected chi connectivity index (χ0v) is 18.5. The lowest BCUT2D eigenvalue weighted by atomic mass is 10.0. The minimum atomic E-state index is -0.438. The number of primary amides is 1. The molecular formula is C25H29N5O2. The first-order valence-electron chi connectivity index (χ1n) is 11.0. The smallest absolute Gasteiger partial charge is 0.248 e. The number of rotatable bonds is 7. The quantitative estimate of drug-likeness (QED) is 0.676. The number of anilines is 2. The molecule has 1 aromatic heterocycles. The van der Waals surface area contributed by atoms with Crippen LogP contribution in [0.2, 0.25) is 0 Å². The molecule has 1 aromatic carbocycles. The third-order valence-electron chi connectivity index (χ3n) is 5.68. The summed E-state index contributed by atoms with van der Waals surface area (Å²) in [5.74, 6) is 1.18. The normalized spacial score (nSPS) is 16.5. The Kier molecular flexibility index (Phi) is 6.66. The Balaban J connectivity index is 1.82. The van der Waals surface area contributed by atoms with Gasteiger partial charge < -0.3 is 20.3 Å². The van der Waals surface area contributed by atoms with Gasteiger partial charge in [-0.1, -0.05) is 37.8 Å². The topological polar surface area (TPSA) is 84.6 Å². The van der Waals surface area contributed by atoms with Gasteiger partial charge in [-0.2, -0.15) is 4.98 Å². The summed E-state index contributed by atoms with van der Waals surface area (Å²) in [5.41, 5.74) is 9.91. The molecule has 2 aliphatic heterocycles. The highest BCUT2D eigenvalue weighted by atomic mass is 16.5. The molecule has 0 saturated carbocycles. The molecule has 0 bridgehead atoms. The minimum absolute atomic E-state index is 0.438. The fourth-order valence-corrected chi connectivity index (χ4v) is 4.03. The number of hydrogen-bond acceptors (Lipinski definition) is 6. The van der Waals surface area contributed by atoms with Gasteiger partial charge in [0.1, 0.15) is 5.82 Å². The van der Waals surface area contributed by atoms with E-state index in [1.807, 2.05) is 18.2 Å². The van der Waals surface area contributed by atoms with E-state index in [0.29, 0.717) is 24.7 Å². The maximum atomic E-state index is 11.5. The largest absolute Gasteiger partial charge is 0.378 e. The molecular weight excluding hydrogens is 402 g/mol. The Morgan fingerprint density at radius 2 is 1.94 bits per heavy atom. The predicted molar refractivity (Wildman–Crippen MR) is 128 cm³/mol. The van der Waals surface area contributed by atoms with Crippen molar-refractivity contribution < 1.29 is 9.53 Å². The molecule has 0 aliphatic carbocycles. The summed E-state index contributed by atoms with van der Waals surface area (Å²) in [7, 11) is 0. The van der Waals surface area contributed by atoms with Crippen LogP contribution < -0.4 is 15.5 Å². The lowest BCUT2D eigenvalue weighted by molar-refractivity contribution is 0.100. The van der Waals surface area contributed by atoms with E-state index in [9.17, 15) is 4.79 Å². The molecule has 32 heavy (non-hydrogen) atoms. The van der Waals surface area contributed by atoms with E-state index in [0.717, 1.165) is 60.8 Å². The van der Waals surface area contributed by atoms with Crippen LogP contribution >= 0.6 is 0 Å². The first kappa shape index (κ1) is 21.8. The van der Waals surface area contributed by atoms with Crippen LogP contribution in [0.3, 0.4) is 0 Å². The van der Waals surface area contributed by atoms with Crippen molar-refractivity contribution in [3.8, 4) is 11.3 Å². The average molecular weight is 432 g/mol. The molecule has 1 fully saturated rings. The van der Waals surface area contributed by atoms with Crippen molar-refractivity contribution in [1.29, 1.82) is 0 Å². The number of carbonyl (C=O) groups excluding carboxylic acids is 1. The summed E-state index contributed by atoms with van der Waals surface area (Å²) in [4.78, 5) is 25.9. The second-order valence-electron chi connectivity index (χ2n) is 7.75. The number of amides is 1. The zero-order valence-electron chi connectivity index (χ0n) is 18.5. The molecule has 2 aromatic rings. The number of ether oxygens (including phenoxy) is 1.